The van der Waals surface area contributed by atoms with Crippen molar-refractivity contribution in [2.24, 2.45) is 0 Å². The van der Waals surface area contributed by atoms with Crippen molar-refractivity contribution in [3.05, 3.63) is 72.3 Å². The monoisotopic (exact) mass is 322 g/mol. The zero-order valence-electron chi connectivity index (χ0n) is 13.3. The van der Waals surface area contributed by atoms with Gasteiger partial charge >= 0.3 is 0 Å². The van der Waals surface area contributed by atoms with E-state index in [0.29, 0.717) is 17.9 Å². The summed E-state index contributed by atoms with van der Waals surface area (Å²) >= 11 is 0. The van der Waals surface area contributed by atoms with Crippen LogP contribution in [0.5, 0.6) is 5.75 Å². The fourth-order valence-corrected chi connectivity index (χ4v) is 2.14. The lowest BCUT2D eigenvalue weighted by atomic mass is 10.2. The van der Waals surface area contributed by atoms with Crippen molar-refractivity contribution in [1.29, 1.82) is 0 Å². The summed E-state index contributed by atoms with van der Waals surface area (Å²) in [5.74, 6) is 0.559. The van der Waals surface area contributed by atoms with Gasteiger partial charge in [-0.3, -0.25) is 14.5 Å². The molecule has 122 valence electrons. The Morgan fingerprint density at radius 3 is 2.58 bits per heavy atom. The number of pyridine rings is 1. The molecule has 0 unspecified atom stereocenters. The first-order chi connectivity index (χ1) is 11.7. The molecule has 0 aliphatic rings. The van der Waals surface area contributed by atoms with Gasteiger partial charge in [0.1, 0.15) is 12.4 Å². The summed E-state index contributed by atoms with van der Waals surface area (Å²) in [5, 5.41) is 6.94. The van der Waals surface area contributed by atoms with Crippen molar-refractivity contribution in [3.8, 4) is 5.75 Å². The molecule has 0 fully saturated rings. The SMILES string of the molecule is CCn1cc(C(=O)Nc2ccc(OCc3ccncc3)cc2)cn1. The topological polar surface area (TPSA) is 69.0 Å². The normalized spacial score (nSPS) is 10.4. The average molecular weight is 322 g/mol. The summed E-state index contributed by atoms with van der Waals surface area (Å²) in [7, 11) is 0. The van der Waals surface area contributed by atoms with Crippen molar-refractivity contribution in [2.45, 2.75) is 20.1 Å². The summed E-state index contributed by atoms with van der Waals surface area (Å²) in [5.41, 5.74) is 2.30. The van der Waals surface area contributed by atoms with Gasteiger partial charge in [0.05, 0.1) is 11.8 Å². The molecule has 1 N–H and O–H groups in total. The molecule has 0 atom stereocenters. The molecular formula is C18H18N4O2. The first-order valence-corrected chi connectivity index (χ1v) is 7.70. The zero-order valence-corrected chi connectivity index (χ0v) is 13.3. The van der Waals surface area contributed by atoms with Crippen LogP contribution in [0.25, 0.3) is 0 Å². The lowest BCUT2D eigenvalue weighted by molar-refractivity contribution is 0.102. The third-order valence-corrected chi connectivity index (χ3v) is 3.49. The van der Waals surface area contributed by atoms with E-state index in [2.05, 4.69) is 15.4 Å². The van der Waals surface area contributed by atoms with Crippen LogP contribution >= 0.6 is 0 Å². The van der Waals surface area contributed by atoms with Gasteiger partial charge in [-0.1, -0.05) is 0 Å². The van der Waals surface area contributed by atoms with Crippen LogP contribution in [0.15, 0.2) is 61.2 Å². The molecule has 2 aromatic heterocycles. The number of nitrogens with one attached hydrogen (secondary N) is 1. The van der Waals surface area contributed by atoms with Crippen molar-refractivity contribution in [2.75, 3.05) is 5.32 Å². The van der Waals surface area contributed by atoms with Crippen LogP contribution in [-0.2, 0) is 13.2 Å². The van der Waals surface area contributed by atoms with Gasteiger partial charge < -0.3 is 10.1 Å². The Bertz CT molecular complexity index is 797. The van der Waals surface area contributed by atoms with Crippen LogP contribution in [0.1, 0.15) is 22.8 Å². The number of benzene rings is 1. The second-order valence-electron chi connectivity index (χ2n) is 5.21. The van der Waals surface area contributed by atoms with E-state index in [1.165, 1.54) is 0 Å². The second kappa shape index (κ2) is 7.41. The van der Waals surface area contributed by atoms with Crippen LogP contribution in [0.2, 0.25) is 0 Å². The molecule has 6 nitrogen and oxygen atoms in total. The van der Waals surface area contributed by atoms with E-state index < -0.39 is 0 Å². The molecule has 1 aromatic carbocycles. The predicted octanol–water partition coefficient (Wildman–Crippen LogP) is 3.13. The number of aryl methyl sites for hydroxylation is 1. The standard InChI is InChI=1S/C18H18N4O2/c1-2-22-12-15(11-20-22)18(23)21-16-3-5-17(6-4-16)24-13-14-7-9-19-10-8-14/h3-12H,2,13H2,1H3,(H,21,23). The molecule has 0 spiro atoms. The van der Waals surface area contributed by atoms with Gasteiger partial charge in [-0.25, -0.2) is 0 Å². The Hall–Kier alpha value is -3.15. The quantitative estimate of drug-likeness (QED) is 0.757. The Balaban J connectivity index is 1.57. The largest absolute Gasteiger partial charge is 0.489 e. The molecule has 3 rings (SSSR count). The Kier molecular flexibility index (Phi) is 4.86. The molecule has 0 saturated heterocycles. The number of hydrogen-bond donors (Lipinski definition) is 1. The van der Waals surface area contributed by atoms with Gasteiger partial charge in [0.15, 0.2) is 0 Å². The van der Waals surface area contributed by atoms with Crippen LogP contribution in [0.4, 0.5) is 5.69 Å². The molecule has 6 heteroatoms. The van der Waals surface area contributed by atoms with Crippen LogP contribution < -0.4 is 10.1 Å². The number of amides is 1. The number of ether oxygens (including phenoxy) is 1. The van der Waals surface area contributed by atoms with E-state index in [1.54, 1.807) is 29.5 Å². The molecule has 0 radical (unpaired) electrons. The molecule has 0 saturated carbocycles. The van der Waals surface area contributed by atoms with E-state index in [1.807, 2.05) is 43.3 Å². The number of hydrogen-bond acceptors (Lipinski definition) is 4. The number of aromatic nitrogens is 3. The number of carbonyl (C=O) groups is 1. The molecular weight excluding hydrogens is 304 g/mol. The van der Waals surface area contributed by atoms with Gasteiger partial charge in [-0.2, -0.15) is 5.10 Å². The van der Waals surface area contributed by atoms with Crippen molar-refractivity contribution in [3.63, 3.8) is 0 Å². The number of rotatable bonds is 6. The fraction of sp³-hybridized carbons (Fsp3) is 0.167. The molecule has 0 bridgehead atoms. The number of nitrogens with zero attached hydrogens (tertiary/aromatic N) is 3. The van der Waals surface area contributed by atoms with Crippen LogP contribution in [0.3, 0.4) is 0 Å². The summed E-state index contributed by atoms with van der Waals surface area (Å²) in [6.45, 7) is 3.18. The van der Waals surface area contributed by atoms with E-state index in [4.69, 9.17) is 4.74 Å². The lowest BCUT2D eigenvalue weighted by Gasteiger charge is -2.08. The number of anilines is 1. The maximum Gasteiger partial charge on any atom is 0.258 e. The maximum atomic E-state index is 12.1. The van der Waals surface area contributed by atoms with Crippen LogP contribution in [-0.4, -0.2) is 20.7 Å². The summed E-state index contributed by atoms with van der Waals surface area (Å²) in [4.78, 5) is 16.1. The summed E-state index contributed by atoms with van der Waals surface area (Å²) in [6.07, 6.45) is 6.75. The third-order valence-electron chi connectivity index (χ3n) is 3.49. The minimum Gasteiger partial charge on any atom is -0.489 e. The highest BCUT2D eigenvalue weighted by molar-refractivity contribution is 6.03. The highest BCUT2D eigenvalue weighted by Gasteiger charge is 2.08. The highest BCUT2D eigenvalue weighted by Crippen LogP contribution is 2.17. The van der Waals surface area contributed by atoms with Crippen molar-refractivity contribution < 1.29 is 9.53 Å². The molecule has 2 heterocycles. The maximum absolute atomic E-state index is 12.1. The Morgan fingerprint density at radius 2 is 1.92 bits per heavy atom. The molecule has 1 amide bonds. The van der Waals surface area contributed by atoms with Gasteiger partial charge in [-0.05, 0) is 48.9 Å². The van der Waals surface area contributed by atoms with E-state index in [9.17, 15) is 4.79 Å². The van der Waals surface area contributed by atoms with E-state index in [-0.39, 0.29) is 5.91 Å². The highest BCUT2D eigenvalue weighted by atomic mass is 16.5. The van der Waals surface area contributed by atoms with Crippen molar-refractivity contribution in [1.82, 2.24) is 14.8 Å². The lowest BCUT2D eigenvalue weighted by Crippen LogP contribution is -2.11. The first-order valence-electron chi connectivity index (χ1n) is 7.70. The minimum atomic E-state index is -0.180. The first kappa shape index (κ1) is 15.7. The third kappa shape index (κ3) is 3.98. The van der Waals surface area contributed by atoms with Gasteiger partial charge in [-0.15, -0.1) is 0 Å². The number of carbonyl (C=O) groups excluding carboxylic acids is 1. The van der Waals surface area contributed by atoms with Gasteiger partial charge in [0, 0.05) is 30.8 Å². The van der Waals surface area contributed by atoms with Crippen molar-refractivity contribution >= 4 is 11.6 Å². The molecule has 24 heavy (non-hydrogen) atoms. The minimum absolute atomic E-state index is 0.180. The zero-order chi connectivity index (χ0) is 16.8. The molecule has 0 aliphatic heterocycles. The average Bonchev–Trinajstić information content (AvgIpc) is 3.11. The molecule has 3 aromatic rings. The van der Waals surface area contributed by atoms with Gasteiger partial charge in [0.2, 0.25) is 0 Å². The Morgan fingerprint density at radius 1 is 1.17 bits per heavy atom. The second-order valence-corrected chi connectivity index (χ2v) is 5.21. The van der Waals surface area contributed by atoms with E-state index >= 15 is 0 Å². The molecule has 0 aliphatic carbocycles. The van der Waals surface area contributed by atoms with E-state index in [0.717, 1.165) is 17.9 Å². The summed E-state index contributed by atoms with van der Waals surface area (Å²) < 4.78 is 7.41. The summed E-state index contributed by atoms with van der Waals surface area (Å²) in [6, 6.07) is 11.1. The smallest absolute Gasteiger partial charge is 0.258 e. The Labute approximate surface area is 140 Å². The van der Waals surface area contributed by atoms with Gasteiger partial charge in [0.25, 0.3) is 5.91 Å². The predicted molar refractivity (Wildman–Crippen MR) is 90.9 cm³/mol. The van der Waals surface area contributed by atoms with Crippen LogP contribution in [0, 0.1) is 0 Å². The fourth-order valence-electron chi connectivity index (χ4n) is 2.14.